The van der Waals surface area contributed by atoms with E-state index in [0.29, 0.717) is 6.04 Å². The molecule has 118 valence electrons. The molecule has 1 aliphatic rings. The van der Waals surface area contributed by atoms with Crippen molar-refractivity contribution < 1.29 is 9.53 Å². The number of methoxy groups -OCH3 is 1. The van der Waals surface area contributed by atoms with Gasteiger partial charge in [0.2, 0.25) is 0 Å². The highest BCUT2D eigenvalue weighted by Gasteiger charge is 2.23. The molecule has 1 aliphatic carbocycles. The van der Waals surface area contributed by atoms with Crippen LogP contribution in [0.15, 0.2) is 0 Å². The molecule has 4 heteroatoms. The van der Waals surface area contributed by atoms with E-state index in [2.05, 4.69) is 18.5 Å². The normalized spacial score (nSPS) is 18.3. The molecule has 1 saturated carbocycles. The SMILES string of the molecule is COC(=O)C(C)Cc1c(C)nn(C2CCCCCC2)c1C. The Morgan fingerprint density at radius 1 is 1.29 bits per heavy atom. The summed E-state index contributed by atoms with van der Waals surface area (Å²) in [5, 5.41) is 4.78. The Balaban J connectivity index is 2.18. The van der Waals surface area contributed by atoms with Crippen LogP contribution in [0, 0.1) is 19.8 Å². The molecule has 1 unspecified atom stereocenters. The van der Waals surface area contributed by atoms with Crippen LogP contribution in [0.3, 0.4) is 0 Å². The standard InChI is InChI=1S/C17H28N2O2/c1-12(17(20)21-4)11-16-13(2)18-19(14(16)3)15-9-7-5-6-8-10-15/h12,15H,5-11H2,1-4H3. The van der Waals surface area contributed by atoms with Crippen LogP contribution in [0.25, 0.3) is 0 Å². The third kappa shape index (κ3) is 3.66. The Labute approximate surface area is 127 Å². The fourth-order valence-corrected chi connectivity index (χ4v) is 3.44. The smallest absolute Gasteiger partial charge is 0.308 e. The number of hydrogen-bond acceptors (Lipinski definition) is 3. The van der Waals surface area contributed by atoms with Gasteiger partial charge in [-0.1, -0.05) is 32.6 Å². The van der Waals surface area contributed by atoms with Gasteiger partial charge in [0.25, 0.3) is 0 Å². The van der Waals surface area contributed by atoms with Gasteiger partial charge >= 0.3 is 5.97 Å². The minimum atomic E-state index is -0.143. The van der Waals surface area contributed by atoms with E-state index in [-0.39, 0.29) is 11.9 Å². The first-order valence-electron chi connectivity index (χ1n) is 8.17. The summed E-state index contributed by atoms with van der Waals surface area (Å²) >= 11 is 0. The second kappa shape index (κ2) is 7.10. The number of esters is 1. The zero-order chi connectivity index (χ0) is 15.4. The fourth-order valence-electron chi connectivity index (χ4n) is 3.44. The molecule has 1 aromatic rings. The Morgan fingerprint density at radius 3 is 2.48 bits per heavy atom. The van der Waals surface area contributed by atoms with Crippen molar-refractivity contribution in [3.8, 4) is 0 Å². The summed E-state index contributed by atoms with van der Waals surface area (Å²) in [7, 11) is 1.45. The van der Waals surface area contributed by atoms with E-state index in [4.69, 9.17) is 9.84 Å². The highest BCUT2D eigenvalue weighted by atomic mass is 16.5. The van der Waals surface area contributed by atoms with Gasteiger partial charge in [-0.3, -0.25) is 9.48 Å². The van der Waals surface area contributed by atoms with Crippen LogP contribution in [-0.4, -0.2) is 22.9 Å². The van der Waals surface area contributed by atoms with Crippen molar-refractivity contribution in [1.82, 2.24) is 9.78 Å². The molecular weight excluding hydrogens is 264 g/mol. The van der Waals surface area contributed by atoms with Gasteiger partial charge in [-0.15, -0.1) is 0 Å². The van der Waals surface area contributed by atoms with E-state index < -0.39 is 0 Å². The Morgan fingerprint density at radius 2 is 1.90 bits per heavy atom. The molecule has 21 heavy (non-hydrogen) atoms. The lowest BCUT2D eigenvalue weighted by Gasteiger charge is -2.17. The van der Waals surface area contributed by atoms with Crippen LogP contribution in [0.1, 0.15) is 68.4 Å². The summed E-state index contributed by atoms with van der Waals surface area (Å²) in [6.07, 6.45) is 8.48. The number of aryl methyl sites for hydroxylation is 1. The quantitative estimate of drug-likeness (QED) is 0.627. The number of carbonyl (C=O) groups excluding carboxylic acids is 1. The zero-order valence-electron chi connectivity index (χ0n) is 13.8. The minimum Gasteiger partial charge on any atom is -0.469 e. The Hall–Kier alpha value is -1.32. The maximum absolute atomic E-state index is 11.6. The highest BCUT2D eigenvalue weighted by molar-refractivity contribution is 5.72. The van der Waals surface area contributed by atoms with Crippen molar-refractivity contribution in [3.63, 3.8) is 0 Å². The summed E-state index contributed by atoms with van der Waals surface area (Å²) in [5.74, 6) is -0.254. The molecule has 0 aliphatic heterocycles. The topological polar surface area (TPSA) is 44.1 Å². The summed E-state index contributed by atoms with van der Waals surface area (Å²) in [4.78, 5) is 11.6. The number of ether oxygens (including phenoxy) is 1. The Bertz CT molecular complexity index is 485. The first kappa shape index (κ1) is 16.1. The number of rotatable bonds is 4. The third-order valence-corrected chi connectivity index (χ3v) is 4.76. The lowest BCUT2D eigenvalue weighted by Crippen LogP contribution is -2.16. The summed E-state index contributed by atoms with van der Waals surface area (Å²) in [6, 6.07) is 0.536. The van der Waals surface area contributed by atoms with E-state index in [1.54, 1.807) is 0 Å². The molecule has 1 atom stereocenters. The van der Waals surface area contributed by atoms with Crippen molar-refractivity contribution in [2.75, 3.05) is 7.11 Å². The summed E-state index contributed by atoms with van der Waals surface area (Å²) in [6.45, 7) is 6.12. The molecule has 0 N–H and O–H groups in total. The van der Waals surface area contributed by atoms with Crippen LogP contribution in [0.4, 0.5) is 0 Å². The maximum atomic E-state index is 11.6. The molecule has 0 aromatic carbocycles. The van der Waals surface area contributed by atoms with Gasteiger partial charge in [-0.25, -0.2) is 0 Å². The lowest BCUT2D eigenvalue weighted by molar-refractivity contribution is -0.144. The lowest BCUT2D eigenvalue weighted by atomic mass is 9.99. The van der Waals surface area contributed by atoms with Crippen molar-refractivity contribution in [2.24, 2.45) is 5.92 Å². The number of carbonyl (C=O) groups is 1. The number of hydrogen-bond donors (Lipinski definition) is 0. The molecule has 0 bridgehead atoms. The van der Waals surface area contributed by atoms with Gasteiger partial charge in [0.05, 0.1) is 24.8 Å². The number of nitrogens with zero attached hydrogens (tertiary/aromatic N) is 2. The fraction of sp³-hybridized carbons (Fsp3) is 0.765. The van der Waals surface area contributed by atoms with E-state index in [0.717, 1.165) is 12.1 Å². The summed E-state index contributed by atoms with van der Waals surface area (Å²) in [5.41, 5.74) is 3.51. The van der Waals surface area contributed by atoms with Gasteiger partial charge in [0.1, 0.15) is 0 Å². The molecular formula is C17H28N2O2. The predicted molar refractivity (Wildman–Crippen MR) is 83.3 cm³/mol. The van der Waals surface area contributed by atoms with Crippen LogP contribution < -0.4 is 0 Å². The van der Waals surface area contributed by atoms with Crippen LogP contribution in [-0.2, 0) is 16.0 Å². The van der Waals surface area contributed by atoms with E-state index in [9.17, 15) is 4.79 Å². The molecule has 0 saturated heterocycles. The highest BCUT2D eigenvalue weighted by Crippen LogP contribution is 2.30. The first-order chi connectivity index (χ1) is 10.0. The van der Waals surface area contributed by atoms with Gasteiger partial charge in [0.15, 0.2) is 0 Å². The van der Waals surface area contributed by atoms with Gasteiger partial charge in [-0.2, -0.15) is 5.10 Å². The van der Waals surface area contributed by atoms with E-state index in [1.807, 2.05) is 6.92 Å². The molecule has 0 radical (unpaired) electrons. The molecule has 1 fully saturated rings. The number of aromatic nitrogens is 2. The van der Waals surface area contributed by atoms with Gasteiger partial charge in [0, 0.05) is 5.69 Å². The van der Waals surface area contributed by atoms with Gasteiger partial charge < -0.3 is 4.74 Å². The van der Waals surface area contributed by atoms with Crippen molar-refractivity contribution in [3.05, 3.63) is 17.0 Å². The largest absolute Gasteiger partial charge is 0.469 e. The summed E-state index contributed by atoms with van der Waals surface area (Å²) < 4.78 is 7.06. The monoisotopic (exact) mass is 292 g/mol. The Kier molecular flexibility index (Phi) is 5.43. The first-order valence-corrected chi connectivity index (χ1v) is 8.17. The third-order valence-electron chi connectivity index (χ3n) is 4.76. The van der Waals surface area contributed by atoms with Crippen molar-refractivity contribution in [1.29, 1.82) is 0 Å². The van der Waals surface area contributed by atoms with E-state index in [1.165, 1.54) is 56.9 Å². The molecule has 0 spiro atoms. The maximum Gasteiger partial charge on any atom is 0.308 e. The van der Waals surface area contributed by atoms with Crippen LogP contribution in [0.5, 0.6) is 0 Å². The van der Waals surface area contributed by atoms with Crippen molar-refractivity contribution in [2.45, 2.75) is 71.8 Å². The second-order valence-corrected chi connectivity index (χ2v) is 6.37. The molecule has 4 nitrogen and oxygen atoms in total. The van der Waals surface area contributed by atoms with Crippen LogP contribution >= 0.6 is 0 Å². The molecule has 2 rings (SSSR count). The van der Waals surface area contributed by atoms with Gasteiger partial charge in [-0.05, 0) is 38.7 Å². The molecule has 1 aromatic heterocycles. The average Bonchev–Trinajstić information content (AvgIpc) is 2.68. The minimum absolute atomic E-state index is 0.112. The predicted octanol–water partition coefficient (Wildman–Crippen LogP) is 3.75. The average molecular weight is 292 g/mol. The van der Waals surface area contributed by atoms with Crippen molar-refractivity contribution >= 4 is 5.97 Å². The molecule has 1 heterocycles. The molecule has 0 amide bonds. The second-order valence-electron chi connectivity index (χ2n) is 6.37. The zero-order valence-corrected chi connectivity index (χ0v) is 13.8. The van der Waals surface area contributed by atoms with Crippen LogP contribution in [0.2, 0.25) is 0 Å². The van der Waals surface area contributed by atoms with E-state index >= 15 is 0 Å².